The molecule has 0 aliphatic heterocycles. The average Bonchev–Trinajstić information content (AvgIpc) is 2.90. The molecule has 0 aliphatic carbocycles. The number of para-hydroxylation sites is 3. The molecule has 0 bridgehead atoms. The van der Waals surface area contributed by atoms with E-state index in [2.05, 4.69) is 10.3 Å². The van der Waals surface area contributed by atoms with E-state index in [4.69, 9.17) is 4.74 Å². The van der Waals surface area contributed by atoms with Gasteiger partial charge in [0.25, 0.3) is 5.91 Å². The third kappa shape index (κ3) is 3.60. The molecule has 24 heavy (non-hydrogen) atoms. The van der Waals surface area contributed by atoms with E-state index >= 15 is 0 Å². The molecule has 1 heterocycles. The van der Waals surface area contributed by atoms with E-state index in [1.807, 2.05) is 49.4 Å². The van der Waals surface area contributed by atoms with Crippen LogP contribution in [0.1, 0.15) is 5.82 Å². The Kier molecular flexibility index (Phi) is 4.56. The number of nitrogens with one attached hydrogen (secondary N) is 1. The van der Waals surface area contributed by atoms with Gasteiger partial charge in [0.2, 0.25) is 0 Å². The highest BCUT2D eigenvalue weighted by molar-refractivity contribution is 5.92. The molecule has 0 spiro atoms. The van der Waals surface area contributed by atoms with Gasteiger partial charge in [0.05, 0.1) is 11.0 Å². The highest BCUT2D eigenvalue weighted by Crippen LogP contribution is 2.15. The topological polar surface area (TPSA) is 73.2 Å². The van der Waals surface area contributed by atoms with Gasteiger partial charge >= 0.3 is 5.97 Å². The summed E-state index contributed by atoms with van der Waals surface area (Å²) in [4.78, 5) is 28.2. The summed E-state index contributed by atoms with van der Waals surface area (Å²) in [5, 5.41) is 2.66. The number of rotatable bonds is 5. The minimum Gasteiger partial charge on any atom is -0.454 e. The summed E-state index contributed by atoms with van der Waals surface area (Å²) < 4.78 is 6.82. The van der Waals surface area contributed by atoms with E-state index in [0.29, 0.717) is 5.69 Å². The number of nitrogens with zero attached hydrogens (tertiary/aromatic N) is 2. The van der Waals surface area contributed by atoms with Gasteiger partial charge in [-0.1, -0.05) is 30.3 Å². The molecule has 0 fully saturated rings. The number of aromatic nitrogens is 2. The number of carbonyl (C=O) groups excluding carboxylic acids is 2. The number of aryl methyl sites for hydroxylation is 1. The van der Waals surface area contributed by atoms with Gasteiger partial charge in [-0.3, -0.25) is 9.59 Å². The van der Waals surface area contributed by atoms with Gasteiger partial charge in [0.15, 0.2) is 6.61 Å². The zero-order valence-corrected chi connectivity index (χ0v) is 13.2. The molecule has 2 aromatic carbocycles. The van der Waals surface area contributed by atoms with Crippen LogP contribution in [0.2, 0.25) is 0 Å². The van der Waals surface area contributed by atoms with Gasteiger partial charge < -0.3 is 14.6 Å². The summed E-state index contributed by atoms with van der Waals surface area (Å²) in [6.45, 7) is 1.53. The predicted octanol–water partition coefficient (Wildman–Crippen LogP) is 2.53. The van der Waals surface area contributed by atoms with Crippen molar-refractivity contribution in [2.45, 2.75) is 13.5 Å². The lowest BCUT2D eigenvalue weighted by Crippen LogP contribution is -2.23. The lowest BCUT2D eigenvalue weighted by atomic mass is 10.3. The second-order valence-electron chi connectivity index (χ2n) is 5.31. The van der Waals surface area contributed by atoms with Gasteiger partial charge in [0, 0.05) is 5.69 Å². The van der Waals surface area contributed by atoms with E-state index in [0.717, 1.165) is 16.9 Å². The number of amides is 1. The van der Waals surface area contributed by atoms with Crippen LogP contribution < -0.4 is 5.32 Å². The van der Waals surface area contributed by atoms with Crippen LogP contribution in [-0.2, 0) is 20.9 Å². The molecule has 6 heteroatoms. The summed E-state index contributed by atoms with van der Waals surface area (Å²) >= 11 is 0. The normalized spacial score (nSPS) is 10.5. The highest BCUT2D eigenvalue weighted by Gasteiger charge is 2.13. The fraction of sp³-hybridized carbons (Fsp3) is 0.167. The lowest BCUT2D eigenvalue weighted by Gasteiger charge is -2.08. The van der Waals surface area contributed by atoms with E-state index in [1.54, 1.807) is 16.7 Å². The Morgan fingerprint density at radius 2 is 1.79 bits per heavy atom. The Morgan fingerprint density at radius 3 is 2.58 bits per heavy atom. The first-order chi connectivity index (χ1) is 11.6. The van der Waals surface area contributed by atoms with Gasteiger partial charge in [0.1, 0.15) is 12.4 Å². The molecule has 0 saturated carbocycles. The molecule has 1 N–H and O–H groups in total. The first-order valence-electron chi connectivity index (χ1n) is 7.56. The third-order valence-electron chi connectivity index (χ3n) is 3.55. The monoisotopic (exact) mass is 323 g/mol. The first-order valence-corrected chi connectivity index (χ1v) is 7.56. The standard InChI is InChI=1S/C18H17N3O3/c1-13-19-15-9-5-6-10-16(15)21(13)11-18(23)24-12-17(22)20-14-7-3-2-4-8-14/h2-10H,11-12H2,1H3,(H,20,22). The third-order valence-corrected chi connectivity index (χ3v) is 3.55. The van der Waals surface area contributed by atoms with Crippen molar-refractivity contribution in [2.75, 3.05) is 11.9 Å². The van der Waals surface area contributed by atoms with Crippen molar-refractivity contribution < 1.29 is 14.3 Å². The van der Waals surface area contributed by atoms with E-state index < -0.39 is 5.97 Å². The molecule has 0 saturated heterocycles. The molecule has 0 aliphatic rings. The van der Waals surface area contributed by atoms with Gasteiger partial charge in [-0.2, -0.15) is 0 Å². The summed E-state index contributed by atoms with van der Waals surface area (Å²) in [7, 11) is 0. The molecular weight excluding hydrogens is 306 g/mol. The quantitative estimate of drug-likeness (QED) is 0.732. The molecule has 3 rings (SSSR count). The maximum Gasteiger partial charge on any atom is 0.326 e. The van der Waals surface area contributed by atoms with E-state index in [9.17, 15) is 9.59 Å². The summed E-state index contributed by atoms with van der Waals surface area (Å²) in [6, 6.07) is 16.6. The van der Waals surface area contributed by atoms with Crippen LogP contribution in [0.5, 0.6) is 0 Å². The molecular formula is C18H17N3O3. The number of ether oxygens (including phenoxy) is 1. The SMILES string of the molecule is Cc1nc2ccccc2n1CC(=O)OCC(=O)Nc1ccccc1. The fourth-order valence-electron chi connectivity index (χ4n) is 2.43. The van der Waals surface area contributed by atoms with Crippen LogP contribution in [0.25, 0.3) is 11.0 Å². The minimum absolute atomic E-state index is 0.0188. The van der Waals surface area contributed by atoms with Crippen LogP contribution in [0.3, 0.4) is 0 Å². The zero-order valence-electron chi connectivity index (χ0n) is 13.2. The van der Waals surface area contributed by atoms with Gasteiger partial charge in [-0.05, 0) is 31.2 Å². The Bertz CT molecular complexity index is 872. The molecule has 0 radical (unpaired) electrons. The maximum atomic E-state index is 12.0. The van der Waals surface area contributed by atoms with Crippen molar-refractivity contribution in [3.05, 3.63) is 60.4 Å². The second-order valence-corrected chi connectivity index (χ2v) is 5.31. The van der Waals surface area contributed by atoms with Crippen molar-refractivity contribution in [3.8, 4) is 0 Å². The van der Waals surface area contributed by atoms with Crippen molar-refractivity contribution in [1.82, 2.24) is 9.55 Å². The number of hydrogen-bond acceptors (Lipinski definition) is 4. The Labute approximate surface area is 139 Å². The fourth-order valence-corrected chi connectivity index (χ4v) is 2.43. The van der Waals surface area contributed by atoms with Crippen LogP contribution >= 0.6 is 0 Å². The largest absolute Gasteiger partial charge is 0.454 e. The molecule has 0 atom stereocenters. The zero-order chi connectivity index (χ0) is 16.9. The summed E-state index contributed by atoms with van der Waals surface area (Å²) in [5.74, 6) is -0.131. The van der Waals surface area contributed by atoms with Gasteiger partial charge in [-0.15, -0.1) is 0 Å². The number of benzene rings is 2. The highest BCUT2D eigenvalue weighted by atomic mass is 16.5. The summed E-state index contributed by atoms with van der Waals surface area (Å²) in [5.41, 5.74) is 2.35. The second kappa shape index (κ2) is 6.95. The average molecular weight is 323 g/mol. The number of esters is 1. The van der Waals surface area contributed by atoms with Crippen molar-refractivity contribution in [3.63, 3.8) is 0 Å². The Hall–Kier alpha value is -3.15. The van der Waals surface area contributed by atoms with Crippen LogP contribution in [-0.4, -0.2) is 28.0 Å². The number of carbonyl (C=O) groups is 2. The molecule has 6 nitrogen and oxygen atoms in total. The van der Waals surface area contributed by atoms with Crippen molar-refractivity contribution >= 4 is 28.6 Å². The molecule has 0 unspecified atom stereocenters. The van der Waals surface area contributed by atoms with Crippen LogP contribution in [0.15, 0.2) is 54.6 Å². The number of anilines is 1. The van der Waals surface area contributed by atoms with Crippen molar-refractivity contribution in [2.24, 2.45) is 0 Å². The number of fused-ring (bicyclic) bond motifs is 1. The predicted molar refractivity (Wildman–Crippen MR) is 90.5 cm³/mol. The van der Waals surface area contributed by atoms with Crippen LogP contribution in [0.4, 0.5) is 5.69 Å². The molecule has 1 aromatic heterocycles. The maximum absolute atomic E-state index is 12.0. The minimum atomic E-state index is -0.482. The van der Waals surface area contributed by atoms with Crippen LogP contribution in [0, 0.1) is 6.92 Å². The Balaban J connectivity index is 1.57. The smallest absolute Gasteiger partial charge is 0.326 e. The Morgan fingerprint density at radius 1 is 1.08 bits per heavy atom. The van der Waals surface area contributed by atoms with Crippen molar-refractivity contribution in [1.29, 1.82) is 0 Å². The van der Waals surface area contributed by atoms with Gasteiger partial charge in [-0.25, -0.2) is 4.98 Å². The number of hydrogen-bond donors (Lipinski definition) is 1. The summed E-state index contributed by atoms with van der Waals surface area (Å²) in [6.07, 6.45) is 0. The first kappa shape index (κ1) is 15.7. The molecule has 3 aromatic rings. The van der Waals surface area contributed by atoms with E-state index in [1.165, 1.54) is 0 Å². The molecule has 122 valence electrons. The number of imidazole rings is 1. The molecule has 1 amide bonds. The van der Waals surface area contributed by atoms with E-state index in [-0.39, 0.29) is 19.1 Å². The lowest BCUT2D eigenvalue weighted by molar-refractivity contribution is -0.147.